The molecule has 9 heteroatoms. The number of carbonyl (C=O) groups is 1. The van der Waals surface area contributed by atoms with Crippen LogP contribution in [-0.4, -0.2) is 20.9 Å². The third-order valence-corrected chi connectivity index (χ3v) is 3.20. The first-order chi connectivity index (χ1) is 12.1. The van der Waals surface area contributed by atoms with E-state index in [1.54, 1.807) is 36.4 Å². The summed E-state index contributed by atoms with van der Waals surface area (Å²) in [6, 6.07) is 11.1. The van der Waals surface area contributed by atoms with Crippen LogP contribution in [0.1, 0.15) is 10.5 Å². The number of nitrogens with zero attached hydrogens (tertiary/aromatic N) is 3. The van der Waals surface area contributed by atoms with Crippen LogP contribution >= 0.6 is 0 Å². The second-order valence-corrected chi connectivity index (χ2v) is 4.88. The van der Waals surface area contributed by atoms with Gasteiger partial charge in [0.2, 0.25) is 0 Å². The van der Waals surface area contributed by atoms with Crippen LogP contribution in [0.3, 0.4) is 0 Å². The molecular formula is C16H14FN7O. The second kappa shape index (κ2) is 7.21. The molecule has 8 nitrogen and oxygen atoms in total. The van der Waals surface area contributed by atoms with Crippen LogP contribution < -0.4 is 21.9 Å². The summed E-state index contributed by atoms with van der Waals surface area (Å²) in [5.74, 6) is -0.534. The highest BCUT2D eigenvalue weighted by atomic mass is 19.1. The number of para-hydroxylation sites is 1. The number of nitrogens with one attached hydrogen (secondary N) is 3. The van der Waals surface area contributed by atoms with Crippen molar-refractivity contribution in [1.29, 1.82) is 0 Å². The lowest BCUT2D eigenvalue weighted by atomic mass is 10.3. The fraction of sp³-hybridized carbons (Fsp3) is 0. The van der Waals surface area contributed by atoms with E-state index in [1.807, 2.05) is 0 Å². The Hall–Kier alpha value is -3.75. The molecule has 0 unspecified atom stereocenters. The predicted molar refractivity (Wildman–Crippen MR) is 91.5 cm³/mol. The lowest BCUT2D eigenvalue weighted by molar-refractivity contribution is 0.0957. The molecule has 0 saturated carbocycles. The monoisotopic (exact) mass is 339 g/mol. The van der Waals surface area contributed by atoms with Crippen molar-refractivity contribution in [2.45, 2.75) is 0 Å². The molecule has 0 radical (unpaired) electrons. The molecule has 0 spiro atoms. The lowest BCUT2D eigenvalue weighted by Gasteiger charge is -2.13. The highest BCUT2D eigenvalue weighted by Crippen LogP contribution is 2.26. The zero-order chi connectivity index (χ0) is 17.6. The number of amides is 1. The van der Waals surface area contributed by atoms with Crippen molar-refractivity contribution >= 4 is 28.9 Å². The van der Waals surface area contributed by atoms with Crippen LogP contribution in [0.5, 0.6) is 0 Å². The standard InChI is InChI=1S/C16H14FN7O/c17-10-5-1-2-6-11(10)22-14-13(18)15(21-9-20-14)23-24-16(25)12-7-3-4-8-19-12/h1-9H,18H2,(H,24,25)(H2,20,21,22,23). The molecule has 2 aromatic heterocycles. The van der Waals surface area contributed by atoms with E-state index in [-0.39, 0.29) is 28.7 Å². The highest BCUT2D eigenvalue weighted by Gasteiger charge is 2.12. The Bertz CT molecular complexity index is 889. The van der Waals surface area contributed by atoms with Gasteiger partial charge in [-0.1, -0.05) is 18.2 Å². The molecule has 5 N–H and O–H groups in total. The van der Waals surface area contributed by atoms with Crippen LogP contribution in [0.25, 0.3) is 0 Å². The van der Waals surface area contributed by atoms with E-state index in [1.165, 1.54) is 18.6 Å². The summed E-state index contributed by atoms with van der Waals surface area (Å²) in [6.45, 7) is 0. The average molecular weight is 339 g/mol. The molecule has 0 atom stereocenters. The van der Waals surface area contributed by atoms with Crippen molar-refractivity contribution < 1.29 is 9.18 Å². The van der Waals surface area contributed by atoms with Gasteiger partial charge in [0.05, 0.1) is 5.69 Å². The van der Waals surface area contributed by atoms with Gasteiger partial charge in [0, 0.05) is 6.20 Å². The minimum absolute atomic E-state index is 0.118. The molecule has 1 aromatic carbocycles. The van der Waals surface area contributed by atoms with E-state index in [9.17, 15) is 9.18 Å². The molecule has 2 heterocycles. The smallest absolute Gasteiger partial charge is 0.288 e. The van der Waals surface area contributed by atoms with Crippen LogP contribution in [0, 0.1) is 5.82 Å². The van der Waals surface area contributed by atoms with Gasteiger partial charge in [-0.3, -0.25) is 20.6 Å². The van der Waals surface area contributed by atoms with Gasteiger partial charge in [0.1, 0.15) is 23.5 Å². The number of benzene rings is 1. The van der Waals surface area contributed by atoms with Gasteiger partial charge in [-0.15, -0.1) is 0 Å². The quantitative estimate of drug-likeness (QED) is 0.526. The maximum Gasteiger partial charge on any atom is 0.288 e. The van der Waals surface area contributed by atoms with Crippen LogP contribution in [0.2, 0.25) is 0 Å². The van der Waals surface area contributed by atoms with Gasteiger partial charge in [0.15, 0.2) is 11.6 Å². The number of nitrogens with two attached hydrogens (primary N) is 1. The molecule has 0 bridgehead atoms. The van der Waals surface area contributed by atoms with Crippen molar-refractivity contribution in [2.75, 3.05) is 16.5 Å². The number of hydrogen-bond donors (Lipinski definition) is 4. The third-order valence-electron chi connectivity index (χ3n) is 3.20. The minimum Gasteiger partial charge on any atom is -0.393 e. The van der Waals surface area contributed by atoms with Crippen LogP contribution in [-0.2, 0) is 0 Å². The number of rotatable bonds is 5. The van der Waals surface area contributed by atoms with Gasteiger partial charge in [-0.25, -0.2) is 14.4 Å². The van der Waals surface area contributed by atoms with Crippen LogP contribution in [0.4, 0.5) is 27.4 Å². The molecule has 25 heavy (non-hydrogen) atoms. The molecular weight excluding hydrogens is 325 g/mol. The Morgan fingerprint density at radius 3 is 2.52 bits per heavy atom. The summed E-state index contributed by atoms with van der Waals surface area (Å²) in [4.78, 5) is 23.8. The SMILES string of the molecule is Nc1c(NNC(=O)c2ccccn2)ncnc1Nc1ccccc1F. The third kappa shape index (κ3) is 3.78. The maximum absolute atomic E-state index is 13.7. The number of pyridine rings is 1. The molecule has 0 aliphatic heterocycles. The average Bonchev–Trinajstić information content (AvgIpc) is 2.64. The van der Waals surface area contributed by atoms with E-state index < -0.39 is 11.7 Å². The number of hydrogen-bond acceptors (Lipinski definition) is 7. The summed E-state index contributed by atoms with van der Waals surface area (Å²) in [7, 11) is 0. The van der Waals surface area contributed by atoms with E-state index in [2.05, 4.69) is 31.1 Å². The molecule has 3 rings (SSSR count). The summed E-state index contributed by atoms with van der Waals surface area (Å²) in [5, 5.41) is 2.78. The number of aromatic nitrogens is 3. The topological polar surface area (TPSA) is 118 Å². The van der Waals surface area contributed by atoms with E-state index >= 15 is 0 Å². The molecule has 3 aromatic rings. The number of carbonyl (C=O) groups excluding carboxylic acids is 1. The van der Waals surface area contributed by atoms with Gasteiger partial charge in [-0.05, 0) is 24.3 Å². The van der Waals surface area contributed by atoms with Crippen molar-refractivity contribution in [2.24, 2.45) is 0 Å². The van der Waals surface area contributed by atoms with E-state index in [0.717, 1.165) is 0 Å². The summed E-state index contributed by atoms with van der Waals surface area (Å²) in [6.07, 6.45) is 2.74. The molecule has 0 fully saturated rings. The summed E-state index contributed by atoms with van der Waals surface area (Å²) in [5.41, 5.74) is 11.6. The largest absolute Gasteiger partial charge is 0.393 e. The van der Waals surface area contributed by atoms with Crippen molar-refractivity contribution in [1.82, 2.24) is 20.4 Å². The fourth-order valence-electron chi connectivity index (χ4n) is 1.96. The predicted octanol–water partition coefficient (Wildman–Crippen LogP) is 2.09. The minimum atomic E-state index is -0.456. The number of hydrazine groups is 1. The first kappa shape index (κ1) is 16.1. The van der Waals surface area contributed by atoms with E-state index in [0.29, 0.717) is 0 Å². The first-order valence-electron chi connectivity index (χ1n) is 7.24. The Balaban J connectivity index is 1.73. The molecule has 1 amide bonds. The second-order valence-electron chi connectivity index (χ2n) is 4.88. The van der Waals surface area contributed by atoms with Crippen molar-refractivity contribution in [3.05, 3.63) is 66.5 Å². The normalized spacial score (nSPS) is 10.1. The lowest BCUT2D eigenvalue weighted by Crippen LogP contribution is -2.31. The molecule has 0 aliphatic rings. The van der Waals surface area contributed by atoms with Crippen molar-refractivity contribution in [3.8, 4) is 0 Å². The Morgan fingerprint density at radius 1 is 1.00 bits per heavy atom. The van der Waals surface area contributed by atoms with Crippen LogP contribution in [0.15, 0.2) is 55.0 Å². The summed E-state index contributed by atoms with van der Waals surface area (Å²) >= 11 is 0. The maximum atomic E-state index is 13.7. The van der Waals surface area contributed by atoms with E-state index in [4.69, 9.17) is 5.73 Å². The van der Waals surface area contributed by atoms with Gasteiger partial charge >= 0.3 is 0 Å². The highest BCUT2D eigenvalue weighted by molar-refractivity contribution is 5.93. The summed E-state index contributed by atoms with van der Waals surface area (Å²) < 4.78 is 13.7. The van der Waals surface area contributed by atoms with Crippen molar-refractivity contribution in [3.63, 3.8) is 0 Å². The first-order valence-corrected chi connectivity index (χ1v) is 7.24. The Labute approximate surface area is 142 Å². The van der Waals surface area contributed by atoms with Gasteiger partial charge < -0.3 is 11.1 Å². The molecule has 0 saturated heterocycles. The Kier molecular flexibility index (Phi) is 4.65. The number of anilines is 4. The van der Waals surface area contributed by atoms with Gasteiger partial charge in [0.25, 0.3) is 5.91 Å². The zero-order valence-corrected chi connectivity index (χ0v) is 12.9. The number of nitrogen functional groups attached to an aromatic ring is 1. The zero-order valence-electron chi connectivity index (χ0n) is 12.9. The van der Waals surface area contributed by atoms with Gasteiger partial charge in [-0.2, -0.15) is 0 Å². The fourth-order valence-corrected chi connectivity index (χ4v) is 1.96. The molecule has 0 aliphatic carbocycles. The molecule has 126 valence electrons. The number of halogens is 1. The Morgan fingerprint density at radius 2 is 1.76 bits per heavy atom.